The highest BCUT2D eigenvalue weighted by Crippen LogP contribution is 2.24. The summed E-state index contributed by atoms with van der Waals surface area (Å²) in [5, 5.41) is 3.10. The van der Waals surface area contributed by atoms with Crippen molar-refractivity contribution in [3.8, 4) is 0 Å². The Morgan fingerprint density at radius 1 is 1.18 bits per heavy atom. The minimum absolute atomic E-state index is 0.105. The number of imidazole rings is 1. The van der Waals surface area contributed by atoms with Crippen molar-refractivity contribution in [2.24, 2.45) is 5.92 Å². The van der Waals surface area contributed by atoms with Crippen LogP contribution in [-0.2, 0) is 17.9 Å². The molecule has 1 atom stereocenters. The first-order valence-electron chi connectivity index (χ1n) is 10.4. The number of amides is 1. The van der Waals surface area contributed by atoms with Crippen LogP contribution in [-0.4, -0.2) is 62.9 Å². The number of carbonyl (C=O) groups excluding carboxylic acids is 1. The zero-order chi connectivity index (χ0) is 19.2. The van der Waals surface area contributed by atoms with Gasteiger partial charge in [-0.3, -0.25) is 19.6 Å². The molecule has 0 spiro atoms. The average Bonchev–Trinajstić information content (AvgIpc) is 3.26. The summed E-state index contributed by atoms with van der Waals surface area (Å²) in [6.07, 6.45) is 11.7. The van der Waals surface area contributed by atoms with Crippen LogP contribution in [0.15, 0.2) is 37.1 Å². The smallest absolute Gasteiger partial charge is 0.224 e. The fourth-order valence-electron chi connectivity index (χ4n) is 4.44. The largest absolute Gasteiger partial charge is 0.352 e. The summed E-state index contributed by atoms with van der Waals surface area (Å²) in [6, 6.07) is 4.51. The number of hydrogen-bond donors (Lipinski definition) is 2. The van der Waals surface area contributed by atoms with Crippen LogP contribution in [0, 0.1) is 5.92 Å². The van der Waals surface area contributed by atoms with E-state index in [1.165, 1.54) is 18.5 Å². The topological polar surface area (TPSA) is 77.2 Å². The highest BCUT2D eigenvalue weighted by atomic mass is 16.1. The van der Waals surface area contributed by atoms with E-state index in [9.17, 15) is 4.79 Å². The maximum absolute atomic E-state index is 12.7. The molecule has 7 nitrogen and oxygen atoms in total. The van der Waals surface area contributed by atoms with Crippen molar-refractivity contribution in [3.05, 3.63) is 48.3 Å². The number of nitrogens with one attached hydrogen (secondary N) is 2. The van der Waals surface area contributed by atoms with Crippen molar-refractivity contribution < 1.29 is 4.79 Å². The van der Waals surface area contributed by atoms with Gasteiger partial charge in [0.15, 0.2) is 0 Å². The average molecular weight is 383 g/mol. The van der Waals surface area contributed by atoms with Gasteiger partial charge < -0.3 is 10.3 Å². The van der Waals surface area contributed by atoms with Crippen LogP contribution >= 0.6 is 0 Å². The quantitative estimate of drug-likeness (QED) is 0.797. The molecule has 7 heteroatoms. The molecule has 4 heterocycles. The second kappa shape index (κ2) is 9.30. The maximum atomic E-state index is 12.7. The van der Waals surface area contributed by atoms with E-state index in [0.717, 1.165) is 51.1 Å². The zero-order valence-electron chi connectivity index (χ0n) is 16.4. The summed E-state index contributed by atoms with van der Waals surface area (Å²) in [5.41, 5.74) is 2.23. The summed E-state index contributed by atoms with van der Waals surface area (Å²) in [5.74, 6) is 0.290. The number of aromatic amines is 1. The third-order valence-electron chi connectivity index (χ3n) is 6.04. The summed E-state index contributed by atoms with van der Waals surface area (Å²) >= 11 is 0. The van der Waals surface area contributed by atoms with Gasteiger partial charge in [-0.05, 0) is 43.9 Å². The monoisotopic (exact) mass is 382 g/mol. The molecule has 28 heavy (non-hydrogen) atoms. The van der Waals surface area contributed by atoms with Gasteiger partial charge in [0, 0.05) is 63.1 Å². The van der Waals surface area contributed by atoms with E-state index in [-0.39, 0.29) is 11.8 Å². The van der Waals surface area contributed by atoms with E-state index in [1.54, 1.807) is 12.5 Å². The zero-order valence-corrected chi connectivity index (χ0v) is 16.4. The summed E-state index contributed by atoms with van der Waals surface area (Å²) in [7, 11) is 0. The molecule has 2 aliphatic rings. The Morgan fingerprint density at radius 2 is 2.07 bits per heavy atom. The van der Waals surface area contributed by atoms with Crippen LogP contribution < -0.4 is 5.32 Å². The highest BCUT2D eigenvalue weighted by Gasteiger charge is 2.31. The molecule has 2 aliphatic heterocycles. The van der Waals surface area contributed by atoms with Crippen LogP contribution in [0.1, 0.15) is 36.9 Å². The number of nitrogens with zero attached hydrogens (tertiary/aromatic N) is 4. The third kappa shape index (κ3) is 4.97. The Kier molecular flexibility index (Phi) is 6.34. The summed E-state index contributed by atoms with van der Waals surface area (Å²) in [6.45, 7) is 5.75. The Morgan fingerprint density at radius 3 is 2.82 bits per heavy atom. The molecule has 0 aliphatic carbocycles. The minimum atomic E-state index is 0.105. The van der Waals surface area contributed by atoms with Gasteiger partial charge in [-0.1, -0.05) is 6.07 Å². The standard InChI is InChI=1S/C21H30N6O/c28-21(24-12-17-3-1-7-22-11-17)18-4-2-8-27(14-18)20-5-9-26(10-6-20)15-19-13-23-16-25-19/h1,3,7,11,13,16,18,20H,2,4-6,8-10,12,14-15H2,(H,23,25)(H,24,28). The van der Waals surface area contributed by atoms with E-state index in [4.69, 9.17) is 0 Å². The molecular formula is C21H30N6O. The van der Waals surface area contributed by atoms with Crippen molar-refractivity contribution in [1.82, 2.24) is 30.1 Å². The molecule has 150 valence electrons. The fourth-order valence-corrected chi connectivity index (χ4v) is 4.44. The van der Waals surface area contributed by atoms with E-state index < -0.39 is 0 Å². The fraction of sp³-hybridized carbons (Fsp3) is 0.571. The number of hydrogen-bond acceptors (Lipinski definition) is 5. The number of H-pyrrole nitrogens is 1. The van der Waals surface area contributed by atoms with Crippen LogP contribution in [0.2, 0.25) is 0 Å². The van der Waals surface area contributed by atoms with Crippen molar-refractivity contribution in [2.45, 2.75) is 44.8 Å². The van der Waals surface area contributed by atoms with Gasteiger partial charge in [-0.15, -0.1) is 0 Å². The van der Waals surface area contributed by atoms with E-state index in [1.807, 2.05) is 24.5 Å². The van der Waals surface area contributed by atoms with E-state index >= 15 is 0 Å². The Balaban J connectivity index is 1.23. The molecule has 0 radical (unpaired) electrons. The molecule has 2 saturated heterocycles. The first-order valence-corrected chi connectivity index (χ1v) is 10.4. The summed E-state index contributed by atoms with van der Waals surface area (Å²) in [4.78, 5) is 29.1. The van der Waals surface area contributed by atoms with Crippen molar-refractivity contribution in [2.75, 3.05) is 26.2 Å². The molecule has 4 rings (SSSR count). The second-order valence-electron chi connectivity index (χ2n) is 8.00. The molecule has 0 saturated carbocycles. The molecular weight excluding hydrogens is 352 g/mol. The minimum Gasteiger partial charge on any atom is -0.352 e. The number of piperidine rings is 2. The van der Waals surface area contributed by atoms with Crippen molar-refractivity contribution in [3.63, 3.8) is 0 Å². The highest BCUT2D eigenvalue weighted by molar-refractivity contribution is 5.78. The lowest BCUT2D eigenvalue weighted by Crippen LogP contribution is -2.50. The third-order valence-corrected chi connectivity index (χ3v) is 6.04. The van der Waals surface area contributed by atoms with Gasteiger partial charge in [0.05, 0.1) is 12.2 Å². The Labute approximate surface area is 166 Å². The lowest BCUT2D eigenvalue weighted by atomic mass is 9.93. The van der Waals surface area contributed by atoms with Crippen molar-refractivity contribution >= 4 is 5.91 Å². The van der Waals surface area contributed by atoms with Crippen LogP contribution in [0.5, 0.6) is 0 Å². The predicted molar refractivity (Wildman–Crippen MR) is 107 cm³/mol. The Bertz CT molecular complexity index is 727. The lowest BCUT2D eigenvalue weighted by Gasteiger charge is -2.42. The van der Waals surface area contributed by atoms with Crippen molar-refractivity contribution in [1.29, 1.82) is 0 Å². The number of aromatic nitrogens is 3. The van der Waals surface area contributed by atoms with Gasteiger partial charge in [-0.25, -0.2) is 4.98 Å². The predicted octanol–water partition coefficient (Wildman–Crippen LogP) is 1.80. The maximum Gasteiger partial charge on any atom is 0.224 e. The number of likely N-dealkylation sites (tertiary alicyclic amines) is 2. The molecule has 2 aromatic heterocycles. The molecule has 0 aromatic carbocycles. The normalized spacial score (nSPS) is 22.2. The number of rotatable bonds is 6. The molecule has 0 bridgehead atoms. The SMILES string of the molecule is O=C(NCc1cccnc1)C1CCCN(C2CCN(Cc3cnc[nH]3)CC2)C1. The number of carbonyl (C=O) groups is 1. The Hall–Kier alpha value is -2.25. The van der Waals surface area contributed by atoms with Gasteiger partial charge >= 0.3 is 0 Å². The van der Waals surface area contributed by atoms with E-state index in [0.29, 0.717) is 12.6 Å². The molecule has 2 N–H and O–H groups in total. The first kappa shape index (κ1) is 19.1. The molecule has 2 aromatic rings. The second-order valence-corrected chi connectivity index (χ2v) is 8.00. The molecule has 2 fully saturated rings. The molecule has 1 unspecified atom stereocenters. The first-order chi connectivity index (χ1) is 13.8. The van der Waals surface area contributed by atoms with Gasteiger partial charge in [0.2, 0.25) is 5.91 Å². The van der Waals surface area contributed by atoms with Gasteiger partial charge in [0.25, 0.3) is 0 Å². The lowest BCUT2D eigenvalue weighted by molar-refractivity contribution is -0.127. The van der Waals surface area contributed by atoms with Crippen LogP contribution in [0.3, 0.4) is 0 Å². The van der Waals surface area contributed by atoms with Gasteiger partial charge in [0.1, 0.15) is 0 Å². The van der Waals surface area contributed by atoms with E-state index in [2.05, 4.69) is 30.1 Å². The molecule has 1 amide bonds. The number of pyridine rings is 1. The van der Waals surface area contributed by atoms with Gasteiger partial charge in [-0.2, -0.15) is 0 Å². The van der Waals surface area contributed by atoms with Crippen LogP contribution in [0.25, 0.3) is 0 Å². The summed E-state index contributed by atoms with van der Waals surface area (Å²) < 4.78 is 0. The van der Waals surface area contributed by atoms with Crippen LogP contribution in [0.4, 0.5) is 0 Å².